The Labute approximate surface area is 751 Å². The van der Waals surface area contributed by atoms with Gasteiger partial charge in [0.1, 0.15) is 0 Å². The minimum Gasteiger partial charge on any atom is -0.192 e. The molecule has 13 rings (SSSR count). The Hall–Kier alpha value is -9.60. The molecule has 0 heterocycles. The van der Waals surface area contributed by atoms with Gasteiger partial charge in [-0.15, -0.1) is 0 Å². The second-order valence-electron chi connectivity index (χ2n) is 21.3. The summed E-state index contributed by atoms with van der Waals surface area (Å²) < 4.78 is 0. The molecular formula is C118H190N2. The zero-order valence-corrected chi connectivity index (χ0v) is 87.5. The number of hydrogen-bond donors (Lipinski definition) is 0. The summed E-state index contributed by atoms with van der Waals surface area (Å²) in [6.07, 6.45) is 0. The van der Waals surface area contributed by atoms with Crippen LogP contribution in [-0.2, 0) is 10.8 Å². The summed E-state index contributed by atoms with van der Waals surface area (Å²) in [5.41, 5.74) is 25.0. The number of aryl methyl sites for hydroxylation is 4. The van der Waals surface area contributed by atoms with Gasteiger partial charge in [0.2, 0.25) is 0 Å². The monoisotopic (exact) mass is 1640 g/mol. The van der Waals surface area contributed by atoms with Crippen LogP contribution >= 0.6 is 0 Å². The molecule has 0 atom stereocenters. The molecule has 0 saturated carbocycles. The predicted octanol–water partition coefficient (Wildman–Crippen LogP) is 41.2. The lowest BCUT2D eigenvalue weighted by molar-refractivity contribution is 0.660. The van der Waals surface area contributed by atoms with Crippen molar-refractivity contribution in [3.05, 3.63) is 335 Å². The van der Waals surface area contributed by atoms with Crippen molar-refractivity contribution in [2.75, 3.05) is 0 Å². The van der Waals surface area contributed by atoms with Gasteiger partial charge in [-0.2, -0.15) is 10.5 Å². The maximum absolute atomic E-state index is 8.67. The predicted molar refractivity (Wildman–Crippen MR) is 565 cm³/mol. The van der Waals surface area contributed by atoms with Crippen LogP contribution in [0.25, 0.3) is 55.6 Å². The van der Waals surface area contributed by atoms with Crippen LogP contribution in [0.3, 0.4) is 0 Å². The Kier molecular flexibility index (Phi) is 122. The van der Waals surface area contributed by atoms with Gasteiger partial charge >= 0.3 is 0 Å². The molecule has 0 unspecified atom stereocenters. The van der Waals surface area contributed by atoms with Crippen LogP contribution in [0.4, 0.5) is 0 Å². The quantitative estimate of drug-likeness (QED) is 0.177. The highest BCUT2D eigenvalue weighted by Crippen LogP contribution is 2.49. The number of nitriles is 2. The molecule has 0 saturated heterocycles. The highest BCUT2D eigenvalue weighted by molar-refractivity contribution is 5.81. The maximum Gasteiger partial charge on any atom is 0.0994 e. The van der Waals surface area contributed by atoms with Gasteiger partial charge in [-0.25, -0.2) is 0 Å². The molecule has 0 fully saturated rings. The van der Waals surface area contributed by atoms with E-state index < -0.39 is 0 Å². The minimum absolute atomic E-state index is 0.160. The summed E-state index contributed by atoms with van der Waals surface area (Å²) in [5.74, 6) is 0. The zero-order chi connectivity index (χ0) is 96.5. The van der Waals surface area contributed by atoms with Gasteiger partial charge in [0.05, 0.1) is 23.3 Å². The third kappa shape index (κ3) is 55.3. The summed E-state index contributed by atoms with van der Waals surface area (Å²) in [4.78, 5) is 0. The van der Waals surface area contributed by atoms with Gasteiger partial charge in [-0.05, 0) is 129 Å². The second kappa shape index (κ2) is 105. The van der Waals surface area contributed by atoms with Crippen molar-refractivity contribution >= 4 is 0 Å². The fourth-order valence-electron chi connectivity index (χ4n) is 10.4. The van der Waals surface area contributed by atoms with E-state index in [0.29, 0.717) is 11.1 Å². The van der Waals surface area contributed by atoms with E-state index in [0.717, 1.165) is 11.1 Å². The minimum atomic E-state index is 0.160. The molecule has 0 amide bonds. The van der Waals surface area contributed by atoms with E-state index in [9.17, 15) is 0 Å². The Bertz CT molecular complexity index is 3490. The molecule has 11 aromatic rings. The molecule has 0 radical (unpaired) electrons. The molecule has 0 aromatic heterocycles. The molecule has 2 nitrogen and oxygen atoms in total. The lowest BCUT2D eigenvalue weighted by Crippen LogP contribution is -2.14. The number of fused-ring (bicyclic) bond motifs is 6. The second-order valence-corrected chi connectivity index (χ2v) is 21.3. The van der Waals surface area contributed by atoms with Gasteiger partial charge < -0.3 is 0 Å². The Morgan fingerprint density at radius 1 is 0.175 bits per heavy atom. The number of rotatable bonds is 3. The first-order valence-corrected chi connectivity index (χ1v) is 47.4. The van der Waals surface area contributed by atoms with Crippen LogP contribution in [0.5, 0.6) is 0 Å². The molecule has 0 spiro atoms. The molecule has 2 aliphatic rings. The van der Waals surface area contributed by atoms with Gasteiger partial charge in [0.25, 0.3) is 0 Å². The third-order valence-corrected chi connectivity index (χ3v) is 15.0. The van der Waals surface area contributed by atoms with Gasteiger partial charge in [-0.1, -0.05) is 583 Å². The summed E-state index contributed by atoms with van der Waals surface area (Å²) in [7, 11) is 0. The fraction of sp³-hybridized carbons (Fsp3) is 0.424. The normalized spacial score (nSPS) is 8.95. The highest BCUT2D eigenvalue weighted by Gasteiger charge is 2.35. The van der Waals surface area contributed by atoms with Crippen molar-refractivity contribution in [2.24, 2.45) is 0 Å². The number of hydrogen-bond acceptors (Lipinski definition) is 2. The molecule has 2 heteroatoms. The fourth-order valence-corrected chi connectivity index (χ4v) is 10.4. The Morgan fingerprint density at radius 2 is 0.308 bits per heavy atom. The summed E-state index contributed by atoms with van der Waals surface area (Å²) in [6, 6.07) is 101. The molecule has 2 aliphatic carbocycles. The van der Waals surface area contributed by atoms with Crippen molar-refractivity contribution in [3.63, 3.8) is 0 Å². The average molecular weight is 1640 g/mol. The first-order chi connectivity index (χ1) is 58.8. The standard InChI is InChI=1S/C18H14.2C15H14.C12H10.C10H8N2.C8H10.20C2H6/c1-3-7-15(8-4-1)17-11-13-18(14-12-17)16-9-5-2-6-10-16;2*1-15(2)13-9-5-3-7-11(13)12-8-4-6-10-14(12)15;1-3-7-11(8-4-1)12-9-5-2-6-10-12;1-7-3-10(6-12)8(2)4-9(7)5-11;1-7-3-5-8(2)6-4-7;20*1-2/h1-14H;2*3-10H,1-2H3;1-10H;3-4H,1-2H3;3-6H,1-2H3;20*1-2H3. The van der Waals surface area contributed by atoms with Crippen LogP contribution < -0.4 is 0 Å². The smallest absolute Gasteiger partial charge is 0.0994 e. The summed E-state index contributed by atoms with van der Waals surface area (Å²) >= 11 is 0. The number of nitrogens with zero attached hydrogens (tertiary/aromatic N) is 2. The first kappa shape index (κ1) is 139. The van der Waals surface area contributed by atoms with E-state index in [-0.39, 0.29) is 10.8 Å². The van der Waals surface area contributed by atoms with Gasteiger partial charge in [0, 0.05) is 10.8 Å². The van der Waals surface area contributed by atoms with Crippen LogP contribution in [0.15, 0.2) is 279 Å². The largest absolute Gasteiger partial charge is 0.192 e. The van der Waals surface area contributed by atoms with Crippen LogP contribution in [0.2, 0.25) is 0 Å². The van der Waals surface area contributed by atoms with Crippen LogP contribution in [0.1, 0.15) is 360 Å². The molecule has 0 aliphatic heterocycles. The Morgan fingerprint density at radius 3 is 0.458 bits per heavy atom. The van der Waals surface area contributed by atoms with E-state index in [1.807, 2.05) is 315 Å². The topological polar surface area (TPSA) is 47.6 Å². The van der Waals surface area contributed by atoms with Crippen molar-refractivity contribution < 1.29 is 0 Å². The van der Waals surface area contributed by atoms with Crippen molar-refractivity contribution in [1.82, 2.24) is 0 Å². The molecule has 0 N–H and O–H groups in total. The molecule has 120 heavy (non-hydrogen) atoms. The van der Waals surface area contributed by atoms with Gasteiger partial charge in [-0.3, -0.25) is 0 Å². The van der Waals surface area contributed by atoms with Crippen molar-refractivity contribution in [1.29, 1.82) is 10.5 Å². The van der Waals surface area contributed by atoms with E-state index in [4.69, 9.17) is 10.5 Å². The third-order valence-electron chi connectivity index (χ3n) is 15.0. The van der Waals surface area contributed by atoms with E-state index in [1.54, 1.807) is 12.1 Å². The van der Waals surface area contributed by atoms with Crippen molar-refractivity contribution in [3.8, 4) is 67.8 Å². The van der Waals surface area contributed by atoms with Gasteiger partial charge in [0.15, 0.2) is 0 Å². The molecule has 0 bridgehead atoms. The number of benzene rings is 11. The lowest BCUT2D eigenvalue weighted by Gasteiger charge is -2.20. The summed E-state index contributed by atoms with van der Waals surface area (Å²) in [6.45, 7) is 97.1. The molecule has 11 aromatic carbocycles. The highest BCUT2D eigenvalue weighted by atomic mass is 14.4. The maximum atomic E-state index is 8.67. The zero-order valence-electron chi connectivity index (χ0n) is 87.5. The van der Waals surface area contributed by atoms with E-state index >= 15 is 0 Å². The SMILES string of the molecule is CC.CC.CC.CC.CC.CC.CC.CC.CC.CC.CC.CC.CC.CC.CC.CC.CC.CC.CC.CC.CC1(C)c2ccccc2-c2ccccc21.CC1(C)c2ccccc2-c2ccccc21.Cc1cc(C#N)c(C)cc1C#N.Cc1ccc(C)cc1.c1ccc(-c2ccc(-c3ccccc3)cc2)cc1.c1ccc(-c2ccccc2)cc1. The molecule has 672 valence electrons. The Balaban J connectivity index is -0.0000000965. The van der Waals surface area contributed by atoms with Crippen molar-refractivity contribution in [2.45, 2.75) is 343 Å². The lowest BCUT2D eigenvalue weighted by atomic mass is 9.82. The first-order valence-electron chi connectivity index (χ1n) is 47.4. The summed E-state index contributed by atoms with van der Waals surface area (Å²) in [5, 5.41) is 17.3. The van der Waals surface area contributed by atoms with Crippen LogP contribution in [-0.4, -0.2) is 0 Å². The van der Waals surface area contributed by atoms with E-state index in [2.05, 4.69) is 296 Å². The molecular weight excluding hydrogens is 1450 g/mol. The van der Waals surface area contributed by atoms with E-state index in [1.165, 1.54) is 89.0 Å². The van der Waals surface area contributed by atoms with Crippen LogP contribution in [0, 0.1) is 50.4 Å². The average Bonchev–Trinajstić information content (AvgIpc) is 1.60.